The predicted molar refractivity (Wildman–Crippen MR) is 117 cm³/mol. The number of carbonyl (C=O) groups is 3. The van der Waals surface area contributed by atoms with Gasteiger partial charge in [0.05, 0.1) is 12.2 Å². The lowest BCUT2D eigenvalue weighted by Crippen LogP contribution is -2.38. The lowest BCUT2D eigenvalue weighted by Gasteiger charge is -2.29. The van der Waals surface area contributed by atoms with Gasteiger partial charge in [0.2, 0.25) is 0 Å². The highest BCUT2D eigenvalue weighted by Gasteiger charge is 2.26. The average Bonchev–Trinajstić information content (AvgIpc) is 2.80. The Bertz CT molecular complexity index is 1170. The van der Waals surface area contributed by atoms with Crippen LogP contribution >= 0.6 is 0 Å². The van der Waals surface area contributed by atoms with Gasteiger partial charge in [0, 0.05) is 17.7 Å². The SMILES string of the molecule is CC(=O)c1ccc2c(c1)N(Cc1ccc(C(=O)NCc3ccc(F)cc3)cc1)C(=O)CO2. The normalized spacial score (nSPS) is 12.7. The van der Waals surface area contributed by atoms with Crippen molar-refractivity contribution in [2.75, 3.05) is 11.5 Å². The molecule has 0 aliphatic carbocycles. The molecule has 1 N–H and O–H groups in total. The molecular weight excluding hydrogens is 411 g/mol. The van der Waals surface area contributed by atoms with Gasteiger partial charge in [-0.1, -0.05) is 24.3 Å². The smallest absolute Gasteiger partial charge is 0.265 e. The molecule has 0 aromatic heterocycles. The zero-order valence-electron chi connectivity index (χ0n) is 17.4. The van der Waals surface area contributed by atoms with E-state index in [9.17, 15) is 18.8 Å². The standard InChI is InChI=1S/C25H21FN2O4/c1-16(29)20-8-11-23-22(12-20)28(24(30)15-32-23)14-18-2-6-19(7-3-18)25(31)27-13-17-4-9-21(26)10-5-17/h2-12H,13-15H2,1H3,(H,27,31). The Morgan fingerprint density at radius 2 is 1.62 bits per heavy atom. The molecule has 0 atom stereocenters. The predicted octanol–water partition coefficient (Wildman–Crippen LogP) is 3.88. The van der Waals surface area contributed by atoms with E-state index in [1.54, 1.807) is 59.5 Å². The van der Waals surface area contributed by atoms with E-state index in [0.717, 1.165) is 11.1 Å². The lowest BCUT2D eigenvalue weighted by molar-refractivity contribution is -0.121. The van der Waals surface area contributed by atoms with Gasteiger partial charge >= 0.3 is 0 Å². The number of Topliss-reactive ketones (excluding diaryl/α,β-unsaturated/α-hetero) is 1. The molecule has 32 heavy (non-hydrogen) atoms. The number of nitrogens with one attached hydrogen (secondary N) is 1. The van der Waals surface area contributed by atoms with Gasteiger partial charge in [0.1, 0.15) is 11.6 Å². The van der Waals surface area contributed by atoms with Crippen LogP contribution in [0.25, 0.3) is 0 Å². The Morgan fingerprint density at radius 3 is 2.31 bits per heavy atom. The number of nitrogens with zero attached hydrogens (tertiary/aromatic N) is 1. The summed E-state index contributed by atoms with van der Waals surface area (Å²) in [6.45, 7) is 1.97. The van der Waals surface area contributed by atoms with E-state index >= 15 is 0 Å². The summed E-state index contributed by atoms with van der Waals surface area (Å²) in [4.78, 5) is 38.2. The summed E-state index contributed by atoms with van der Waals surface area (Å²) in [7, 11) is 0. The van der Waals surface area contributed by atoms with Crippen molar-refractivity contribution in [2.24, 2.45) is 0 Å². The minimum absolute atomic E-state index is 0.0731. The summed E-state index contributed by atoms with van der Waals surface area (Å²) in [5, 5.41) is 2.80. The summed E-state index contributed by atoms with van der Waals surface area (Å²) in [5.41, 5.74) is 3.15. The maximum Gasteiger partial charge on any atom is 0.265 e. The number of benzene rings is 3. The van der Waals surface area contributed by atoms with Gasteiger partial charge in [-0.15, -0.1) is 0 Å². The molecule has 0 spiro atoms. The van der Waals surface area contributed by atoms with Crippen LogP contribution in [0.1, 0.15) is 38.8 Å². The van der Waals surface area contributed by atoms with E-state index in [4.69, 9.17) is 4.74 Å². The second kappa shape index (κ2) is 9.01. The summed E-state index contributed by atoms with van der Waals surface area (Å²) in [6, 6.07) is 17.9. The summed E-state index contributed by atoms with van der Waals surface area (Å²) in [6.07, 6.45) is 0. The third-order valence-corrected chi connectivity index (χ3v) is 5.23. The second-order valence-corrected chi connectivity index (χ2v) is 7.51. The first kappa shape index (κ1) is 21.2. The third kappa shape index (κ3) is 4.67. The van der Waals surface area contributed by atoms with E-state index in [1.165, 1.54) is 19.1 Å². The number of anilines is 1. The molecule has 0 saturated heterocycles. The molecule has 3 aromatic carbocycles. The highest BCUT2D eigenvalue weighted by molar-refractivity contribution is 6.01. The van der Waals surface area contributed by atoms with Crippen molar-refractivity contribution in [1.82, 2.24) is 5.32 Å². The third-order valence-electron chi connectivity index (χ3n) is 5.23. The van der Waals surface area contributed by atoms with Gasteiger partial charge in [-0.25, -0.2) is 4.39 Å². The van der Waals surface area contributed by atoms with Gasteiger partial charge in [0.15, 0.2) is 12.4 Å². The van der Waals surface area contributed by atoms with Crippen molar-refractivity contribution in [3.05, 3.63) is 94.8 Å². The molecule has 7 heteroatoms. The molecule has 6 nitrogen and oxygen atoms in total. The van der Waals surface area contributed by atoms with Crippen molar-refractivity contribution in [3.8, 4) is 5.75 Å². The summed E-state index contributed by atoms with van der Waals surface area (Å²) >= 11 is 0. The molecule has 0 fully saturated rings. The minimum Gasteiger partial charge on any atom is -0.482 e. The van der Waals surface area contributed by atoms with Crippen LogP contribution in [0, 0.1) is 5.82 Å². The maximum absolute atomic E-state index is 13.0. The Labute approximate surface area is 184 Å². The molecule has 4 rings (SSSR count). The number of hydrogen-bond acceptors (Lipinski definition) is 4. The fraction of sp³-hybridized carbons (Fsp3) is 0.160. The molecule has 1 aliphatic heterocycles. The first-order valence-electron chi connectivity index (χ1n) is 10.1. The molecule has 0 radical (unpaired) electrons. The minimum atomic E-state index is -0.324. The molecule has 0 unspecified atom stereocenters. The van der Waals surface area contributed by atoms with Crippen molar-refractivity contribution < 1.29 is 23.5 Å². The van der Waals surface area contributed by atoms with Crippen LogP contribution in [0.15, 0.2) is 66.7 Å². The molecule has 0 saturated carbocycles. The fourth-order valence-electron chi connectivity index (χ4n) is 3.43. The van der Waals surface area contributed by atoms with Crippen LogP contribution < -0.4 is 15.0 Å². The number of rotatable bonds is 6. The summed E-state index contributed by atoms with van der Waals surface area (Å²) < 4.78 is 18.5. The number of ketones is 1. The van der Waals surface area contributed by atoms with E-state index in [2.05, 4.69) is 5.32 Å². The zero-order chi connectivity index (χ0) is 22.7. The van der Waals surface area contributed by atoms with Crippen LogP contribution in [-0.2, 0) is 17.9 Å². The Hall–Kier alpha value is -4.00. The first-order chi connectivity index (χ1) is 15.4. The molecular formula is C25H21FN2O4. The van der Waals surface area contributed by atoms with Gasteiger partial charge in [-0.05, 0) is 60.5 Å². The first-order valence-corrected chi connectivity index (χ1v) is 10.1. The molecule has 1 heterocycles. The topological polar surface area (TPSA) is 75.7 Å². The molecule has 0 bridgehead atoms. The Morgan fingerprint density at radius 1 is 0.969 bits per heavy atom. The van der Waals surface area contributed by atoms with E-state index in [1.807, 2.05) is 0 Å². The van der Waals surface area contributed by atoms with Crippen molar-refractivity contribution in [3.63, 3.8) is 0 Å². The number of amides is 2. The molecule has 162 valence electrons. The Balaban J connectivity index is 1.45. The van der Waals surface area contributed by atoms with Crippen LogP contribution in [0.3, 0.4) is 0 Å². The monoisotopic (exact) mass is 432 g/mol. The van der Waals surface area contributed by atoms with Crippen LogP contribution in [0.5, 0.6) is 5.75 Å². The zero-order valence-corrected chi connectivity index (χ0v) is 17.4. The summed E-state index contributed by atoms with van der Waals surface area (Å²) in [5.74, 6) is -0.332. The largest absolute Gasteiger partial charge is 0.482 e. The fourth-order valence-corrected chi connectivity index (χ4v) is 3.43. The van der Waals surface area contributed by atoms with Gasteiger partial charge < -0.3 is 15.0 Å². The highest BCUT2D eigenvalue weighted by atomic mass is 19.1. The van der Waals surface area contributed by atoms with Crippen LogP contribution in [-0.4, -0.2) is 24.2 Å². The van der Waals surface area contributed by atoms with Gasteiger partial charge in [-0.3, -0.25) is 14.4 Å². The number of carbonyl (C=O) groups excluding carboxylic acids is 3. The number of fused-ring (bicyclic) bond motifs is 1. The lowest BCUT2D eigenvalue weighted by atomic mass is 10.1. The quantitative estimate of drug-likeness (QED) is 0.600. The van der Waals surface area contributed by atoms with E-state index in [-0.39, 0.29) is 36.6 Å². The Kier molecular flexibility index (Phi) is 5.98. The van der Waals surface area contributed by atoms with Crippen molar-refractivity contribution in [1.29, 1.82) is 0 Å². The number of hydrogen-bond donors (Lipinski definition) is 1. The molecule has 2 amide bonds. The van der Waals surface area contributed by atoms with Gasteiger partial charge in [-0.2, -0.15) is 0 Å². The highest BCUT2D eigenvalue weighted by Crippen LogP contribution is 2.34. The second-order valence-electron chi connectivity index (χ2n) is 7.51. The van der Waals surface area contributed by atoms with Crippen molar-refractivity contribution in [2.45, 2.75) is 20.0 Å². The molecule has 3 aromatic rings. The number of ether oxygens (including phenoxy) is 1. The van der Waals surface area contributed by atoms with Gasteiger partial charge in [0.25, 0.3) is 11.8 Å². The molecule has 1 aliphatic rings. The van der Waals surface area contributed by atoms with E-state index in [0.29, 0.717) is 29.1 Å². The van der Waals surface area contributed by atoms with Crippen LogP contribution in [0.4, 0.5) is 10.1 Å². The van der Waals surface area contributed by atoms with Crippen LogP contribution in [0.2, 0.25) is 0 Å². The van der Waals surface area contributed by atoms with E-state index < -0.39 is 0 Å². The maximum atomic E-state index is 13.0. The average molecular weight is 432 g/mol. The number of halogens is 1. The van der Waals surface area contributed by atoms with Crippen molar-refractivity contribution >= 4 is 23.3 Å².